The Bertz CT molecular complexity index is 1080. The Balaban J connectivity index is 1.75. The van der Waals surface area contributed by atoms with Crippen LogP contribution in [-0.2, 0) is 26.0 Å². The molecule has 1 saturated heterocycles. The van der Waals surface area contributed by atoms with Gasteiger partial charge in [0.05, 0.1) is 0 Å². The van der Waals surface area contributed by atoms with E-state index in [1.54, 1.807) is 6.07 Å². The number of hydrogen-bond donors (Lipinski definition) is 2. The van der Waals surface area contributed by atoms with Crippen molar-refractivity contribution >= 4 is 11.5 Å². The van der Waals surface area contributed by atoms with Gasteiger partial charge in [-0.15, -0.1) is 0 Å². The number of benzene rings is 3. The van der Waals surface area contributed by atoms with Crippen molar-refractivity contribution in [1.29, 1.82) is 0 Å². The first kappa shape index (κ1) is 20.9. The van der Waals surface area contributed by atoms with Crippen LogP contribution < -0.4 is 5.32 Å². The van der Waals surface area contributed by atoms with Crippen LogP contribution >= 0.6 is 0 Å². The van der Waals surface area contributed by atoms with Gasteiger partial charge in [-0.2, -0.15) is 4.89 Å². The van der Waals surface area contributed by atoms with Crippen LogP contribution in [-0.4, -0.2) is 17.4 Å². The SMILES string of the molecule is CCCCC12CNc3ccccc3C1(O)OOC(c1ccccc1)(c1ccccc1)C2=O. The summed E-state index contributed by atoms with van der Waals surface area (Å²) in [5.41, 5.74) is -0.116. The number of rotatable bonds is 5. The van der Waals surface area contributed by atoms with E-state index in [-0.39, 0.29) is 12.3 Å². The van der Waals surface area contributed by atoms with E-state index in [9.17, 15) is 9.90 Å². The quantitative estimate of drug-likeness (QED) is 0.564. The van der Waals surface area contributed by atoms with Crippen molar-refractivity contribution in [2.24, 2.45) is 5.41 Å². The van der Waals surface area contributed by atoms with Gasteiger partial charge in [-0.05, 0) is 23.6 Å². The van der Waals surface area contributed by atoms with E-state index in [0.29, 0.717) is 23.1 Å². The molecule has 2 unspecified atom stereocenters. The van der Waals surface area contributed by atoms with Crippen molar-refractivity contribution in [3.63, 3.8) is 0 Å². The summed E-state index contributed by atoms with van der Waals surface area (Å²) in [6.45, 7) is 2.33. The average molecular weight is 430 g/mol. The van der Waals surface area contributed by atoms with E-state index in [1.165, 1.54) is 0 Å². The van der Waals surface area contributed by atoms with Crippen LogP contribution in [0, 0.1) is 5.41 Å². The molecule has 0 aromatic heterocycles. The lowest BCUT2D eigenvalue weighted by Crippen LogP contribution is -2.68. The van der Waals surface area contributed by atoms with Gasteiger partial charge in [-0.1, -0.05) is 98.6 Å². The van der Waals surface area contributed by atoms with Gasteiger partial charge in [0.15, 0.2) is 5.78 Å². The lowest BCUT2D eigenvalue weighted by Gasteiger charge is -2.55. The summed E-state index contributed by atoms with van der Waals surface area (Å²) in [5.74, 6) is -2.10. The van der Waals surface area contributed by atoms with E-state index < -0.39 is 16.8 Å². The Morgan fingerprint density at radius 3 is 2.09 bits per heavy atom. The van der Waals surface area contributed by atoms with Crippen molar-refractivity contribution in [3.05, 3.63) is 102 Å². The molecule has 3 aromatic rings. The second kappa shape index (κ2) is 7.85. The van der Waals surface area contributed by atoms with Crippen molar-refractivity contribution in [2.75, 3.05) is 11.9 Å². The molecule has 0 amide bonds. The molecule has 2 aliphatic rings. The number of para-hydroxylation sites is 1. The number of unbranched alkanes of at least 4 members (excludes halogenated alkanes) is 1. The maximum atomic E-state index is 14.7. The molecule has 164 valence electrons. The fourth-order valence-corrected chi connectivity index (χ4v) is 5.13. The minimum absolute atomic E-state index is 0.202. The minimum atomic E-state index is -1.89. The zero-order valence-corrected chi connectivity index (χ0v) is 18.1. The predicted molar refractivity (Wildman–Crippen MR) is 122 cm³/mol. The Hall–Kier alpha value is -2.99. The third-order valence-electron chi connectivity index (χ3n) is 6.88. The van der Waals surface area contributed by atoms with E-state index >= 15 is 0 Å². The molecule has 1 fully saturated rings. The molecule has 2 aliphatic heterocycles. The Morgan fingerprint density at radius 2 is 1.47 bits per heavy atom. The summed E-state index contributed by atoms with van der Waals surface area (Å²) >= 11 is 0. The molecule has 0 spiro atoms. The monoisotopic (exact) mass is 429 g/mol. The third kappa shape index (κ3) is 2.78. The number of carbonyl (C=O) groups excluding carboxylic acids is 1. The molecule has 2 heterocycles. The molecule has 5 heteroatoms. The summed E-state index contributed by atoms with van der Waals surface area (Å²) in [6, 6.07) is 26.2. The highest BCUT2D eigenvalue weighted by Crippen LogP contribution is 2.59. The van der Waals surface area contributed by atoms with Gasteiger partial charge < -0.3 is 10.4 Å². The summed E-state index contributed by atoms with van der Waals surface area (Å²) in [4.78, 5) is 26.8. The van der Waals surface area contributed by atoms with Crippen LogP contribution in [0.5, 0.6) is 0 Å². The molecule has 0 bridgehead atoms. The summed E-state index contributed by atoms with van der Waals surface area (Å²) in [6.07, 6.45) is 2.11. The highest BCUT2D eigenvalue weighted by molar-refractivity contribution is 5.99. The topological polar surface area (TPSA) is 67.8 Å². The number of aliphatic hydroxyl groups is 1. The van der Waals surface area contributed by atoms with Crippen LogP contribution in [0.4, 0.5) is 5.69 Å². The maximum absolute atomic E-state index is 14.7. The molecule has 5 nitrogen and oxygen atoms in total. The first-order valence-electron chi connectivity index (χ1n) is 11.2. The van der Waals surface area contributed by atoms with E-state index in [2.05, 4.69) is 12.2 Å². The second-order valence-corrected chi connectivity index (χ2v) is 8.64. The molecular formula is C27H27NO4. The van der Waals surface area contributed by atoms with Crippen LogP contribution in [0.3, 0.4) is 0 Å². The molecular weight excluding hydrogens is 402 g/mol. The van der Waals surface area contributed by atoms with Gasteiger partial charge in [0.25, 0.3) is 0 Å². The van der Waals surface area contributed by atoms with Gasteiger partial charge in [-0.3, -0.25) is 4.79 Å². The molecule has 0 radical (unpaired) electrons. The van der Waals surface area contributed by atoms with Crippen LogP contribution in [0.15, 0.2) is 84.9 Å². The highest BCUT2D eigenvalue weighted by Gasteiger charge is 2.70. The molecule has 2 N–H and O–H groups in total. The van der Waals surface area contributed by atoms with Crippen molar-refractivity contribution in [2.45, 2.75) is 37.6 Å². The van der Waals surface area contributed by atoms with Crippen LogP contribution in [0.1, 0.15) is 42.9 Å². The maximum Gasteiger partial charge on any atom is 0.241 e. The molecule has 2 atom stereocenters. The Labute approximate surface area is 187 Å². The van der Waals surface area contributed by atoms with Crippen molar-refractivity contribution < 1.29 is 19.7 Å². The van der Waals surface area contributed by atoms with Gasteiger partial charge >= 0.3 is 0 Å². The Kier molecular flexibility index (Phi) is 5.13. The van der Waals surface area contributed by atoms with Crippen molar-refractivity contribution in [1.82, 2.24) is 0 Å². The first-order chi connectivity index (χ1) is 15.6. The second-order valence-electron chi connectivity index (χ2n) is 8.64. The predicted octanol–water partition coefficient (Wildman–Crippen LogP) is 4.91. The highest BCUT2D eigenvalue weighted by atomic mass is 17.2. The largest absolute Gasteiger partial charge is 0.383 e. The molecule has 0 aliphatic carbocycles. The minimum Gasteiger partial charge on any atom is -0.383 e. The standard InChI is InChI=1S/C27H27NO4/c1-2-3-18-25-19-28-23-17-11-10-16-22(23)27(25,30)32-31-26(24(25)29,20-12-6-4-7-13-20)21-14-8-5-9-15-21/h4-17,28,30H,2-3,18-19H2,1H3. The van der Waals surface area contributed by atoms with E-state index in [0.717, 1.165) is 18.5 Å². The smallest absolute Gasteiger partial charge is 0.241 e. The summed E-state index contributed by atoms with van der Waals surface area (Å²) in [5, 5.41) is 15.4. The third-order valence-corrected chi connectivity index (χ3v) is 6.88. The molecule has 32 heavy (non-hydrogen) atoms. The van der Waals surface area contributed by atoms with Gasteiger partial charge in [0.2, 0.25) is 11.4 Å². The number of nitrogens with one attached hydrogen (secondary N) is 1. The van der Waals surface area contributed by atoms with Crippen molar-refractivity contribution in [3.8, 4) is 0 Å². The number of ketones is 1. The lowest BCUT2D eigenvalue weighted by molar-refractivity contribution is -0.498. The zero-order chi connectivity index (χ0) is 22.2. The number of hydrogen-bond acceptors (Lipinski definition) is 5. The van der Waals surface area contributed by atoms with Gasteiger partial charge in [-0.25, -0.2) is 4.89 Å². The van der Waals surface area contributed by atoms with E-state index in [4.69, 9.17) is 9.78 Å². The van der Waals surface area contributed by atoms with Gasteiger partial charge in [0, 0.05) is 17.8 Å². The molecule has 0 saturated carbocycles. The van der Waals surface area contributed by atoms with Crippen LogP contribution in [0.25, 0.3) is 0 Å². The summed E-state index contributed by atoms with van der Waals surface area (Å²) in [7, 11) is 0. The van der Waals surface area contributed by atoms with Crippen LogP contribution in [0.2, 0.25) is 0 Å². The number of carbonyl (C=O) groups is 1. The van der Waals surface area contributed by atoms with E-state index in [1.807, 2.05) is 78.9 Å². The molecule has 5 rings (SSSR count). The fraction of sp³-hybridized carbons (Fsp3) is 0.296. The Morgan fingerprint density at radius 1 is 0.875 bits per heavy atom. The first-order valence-corrected chi connectivity index (χ1v) is 11.2. The zero-order valence-electron chi connectivity index (χ0n) is 18.1. The summed E-state index contributed by atoms with van der Waals surface area (Å²) < 4.78 is 0. The normalized spacial score (nSPS) is 26.0. The molecule has 3 aromatic carbocycles. The number of anilines is 1. The fourth-order valence-electron chi connectivity index (χ4n) is 5.13. The lowest BCUT2D eigenvalue weighted by atomic mass is 9.60. The van der Waals surface area contributed by atoms with Gasteiger partial charge in [0.1, 0.15) is 5.41 Å². The average Bonchev–Trinajstić information content (AvgIpc) is 2.85. The number of Topliss-reactive ketones (excluding diaryl/α,β-unsaturated/α-hetero) is 1. The number of fused-ring (bicyclic) bond motifs is 3.